The Hall–Kier alpha value is -5.36. The Balaban J connectivity index is 1.24. The molecular formula is C40H46FN7O7. The zero-order valence-electron chi connectivity index (χ0n) is 31.8. The van der Waals surface area contributed by atoms with Crippen LogP contribution in [0.2, 0.25) is 0 Å². The number of rotatable bonds is 10. The van der Waals surface area contributed by atoms with Crippen molar-refractivity contribution in [1.82, 2.24) is 29.3 Å². The van der Waals surface area contributed by atoms with Crippen LogP contribution in [0.3, 0.4) is 0 Å². The molecule has 2 aromatic heterocycles. The van der Waals surface area contributed by atoms with Crippen molar-refractivity contribution in [2.75, 3.05) is 45.5 Å². The molecule has 0 spiro atoms. The number of likely N-dealkylation sites (N-methyl/N-ethyl adjacent to an activating group) is 1. The van der Waals surface area contributed by atoms with Gasteiger partial charge in [0.1, 0.15) is 35.0 Å². The lowest BCUT2D eigenvalue weighted by Gasteiger charge is -2.42. The Morgan fingerprint density at radius 2 is 1.78 bits per heavy atom. The first kappa shape index (κ1) is 36.6. The minimum Gasteiger partial charge on any atom is -0.467 e. The molecule has 290 valence electrons. The number of likely N-dealkylation sites (tertiary alicyclic amines) is 1. The van der Waals surface area contributed by atoms with Gasteiger partial charge in [-0.05, 0) is 76.8 Å². The van der Waals surface area contributed by atoms with E-state index >= 15 is 4.39 Å². The molecular weight excluding hydrogens is 709 g/mol. The van der Waals surface area contributed by atoms with E-state index in [-0.39, 0.29) is 72.9 Å². The average Bonchev–Trinajstić information content (AvgIpc) is 3.73. The van der Waals surface area contributed by atoms with Crippen molar-refractivity contribution < 1.29 is 37.7 Å². The molecule has 2 aromatic carbocycles. The summed E-state index contributed by atoms with van der Waals surface area (Å²) in [5, 5.41) is 1.02. The number of amides is 2. The fraction of sp³-hybridized carbons (Fsp3) is 0.525. The van der Waals surface area contributed by atoms with Gasteiger partial charge in [0.25, 0.3) is 0 Å². The maximum atomic E-state index is 15.2. The lowest BCUT2D eigenvalue weighted by Crippen LogP contribution is -2.57. The van der Waals surface area contributed by atoms with Crippen LogP contribution in [0.1, 0.15) is 77.3 Å². The van der Waals surface area contributed by atoms with E-state index in [9.17, 15) is 9.59 Å². The zero-order valence-corrected chi connectivity index (χ0v) is 31.8. The third-order valence-electron chi connectivity index (χ3n) is 11.0. The first-order valence-corrected chi connectivity index (χ1v) is 18.9. The maximum Gasteiger partial charge on any atom is 0.410 e. The van der Waals surface area contributed by atoms with Gasteiger partial charge in [-0.25, -0.2) is 9.18 Å². The molecule has 3 atom stereocenters. The van der Waals surface area contributed by atoms with Gasteiger partial charge in [-0.1, -0.05) is 12.0 Å². The van der Waals surface area contributed by atoms with Crippen LogP contribution in [0.15, 0.2) is 24.3 Å². The number of piperazine rings is 1. The van der Waals surface area contributed by atoms with Crippen molar-refractivity contribution >= 4 is 39.8 Å². The molecule has 0 radical (unpaired) electrons. The zero-order chi connectivity index (χ0) is 38.6. The summed E-state index contributed by atoms with van der Waals surface area (Å²) >= 11 is 0. The number of benzene rings is 2. The normalized spacial score (nSPS) is 21.3. The van der Waals surface area contributed by atoms with Gasteiger partial charge in [0.05, 0.1) is 23.7 Å². The lowest BCUT2D eigenvalue weighted by atomic mass is 9.93. The van der Waals surface area contributed by atoms with Crippen LogP contribution < -0.4 is 19.1 Å². The highest BCUT2D eigenvalue weighted by Crippen LogP contribution is 2.45. The Bertz CT molecular complexity index is 2180. The Morgan fingerprint density at radius 3 is 2.42 bits per heavy atom. The summed E-state index contributed by atoms with van der Waals surface area (Å²) in [7, 11) is 3.30. The summed E-state index contributed by atoms with van der Waals surface area (Å²) in [6, 6.07) is 6.46. The number of methoxy groups -OCH3 is 1. The van der Waals surface area contributed by atoms with Crippen molar-refractivity contribution in [3.63, 3.8) is 0 Å². The molecule has 4 aromatic rings. The van der Waals surface area contributed by atoms with Crippen LogP contribution in [-0.2, 0) is 14.3 Å². The number of carbonyl (C=O) groups excluding carboxylic acids is 2. The third kappa shape index (κ3) is 6.92. The van der Waals surface area contributed by atoms with Gasteiger partial charge in [-0.3, -0.25) is 14.3 Å². The molecule has 1 aliphatic carbocycles. The molecule has 8 rings (SSSR count). The number of ether oxygens (including phenoxy) is 5. The fourth-order valence-electron chi connectivity index (χ4n) is 8.11. The molecule has 2 bridgehead atoms. The minimum absolute atomic E-state index is 0.00949. The van der Waals surface area contributed by atoms with E-state index in [0.717, 1.165) is 32.1 Å². The number of carbonyl (C=O) groups is 2. The van der Waals surface area contributed by atoms with Crippen molar-refractivity contribution in [1.29, 1.82) is 0 Å². The predicted molar refractivity (Wildman–Crippen MR) is 201 cm³/mol. The molecule has 5 heterocycles. The summed E-state index contributed by atoms with van der Waals surface area (Å²) in [6.07, 6.45) is 11.1. The number of anilines is 1. The molecule has 2 amide bonds. The number of fused-ring (bicyclic) bond motifs is 4. The van der Waals surface area contributed by atoms with Gasteiger partial charge in [0.2, 0.25) is 5.91 Å². The van der Waals surface area contributed by atoms with E-state index in [2.05, 4.69) is 10.8 Å². The minimum atomic E-state index is -0.615. The van der Waals surface area contributed by atoms with Crippen molar-refractivity contribution in [3.8, 4) is 35.9 Å². The van der Waals surface area contributed by atoms with Crippen molar-refractivity contribution in [2.24, 2.45) is 0 Å². The number of hydrogen-bond donors (Lipinski definition) is 0. The molecule has 4 aliphatic rings. The monoisotopic (exact) mass is 755 g/mol. The number of hydrogen-bond acceptors (Lipinski definition) is 11. The number of halogens is 1. The topological polar surface area (TPSA) is 134 Å². The van der Waals surface area contributed by atoms with E-state index in [4.69, 9.17) is 45.1 Å². The largest absolute Gasteiger partial charge is 0.467 e. The highest BCUT2D eigenvalue weighted by atomic mass is 19.1. The van der Waals surface area contributed by atoms with Gasteiger partial charge < -0.3 is 33.5 Å². The second-order valence-electron chi connectivity index (χ2n) is 15.8. The van der Waals surface area contributed by atoms with Crippen molar-refractivity contribution in [2.45, 2.75) is 95.5 Å². The molecule has 3 saturated heterocycles. The second-order valence-corrected chi connectivity index (χ2v) is 15.8. The number of aromatic nitrogens is 4. The summed E-state index contributed by atoms with van der Waals surface area (Å²) < 4.78 is 46.9. The van der Waals surface area contributed by atoms with Crippen LogP contribution >= 0.6 is 0 Å². The molecule has 3 aliphatic heterocycles. The highest BCUT2D eigenvalue weighted by Gasteiger charge is 2.46. The van der Waals surface area contributed by atoms with Crippen LogP contribution in [0.25, 0.3) is 21.9 Å². The van der Waals surface area contributed by atoms with Gasteiger partial charge in [-0.15, -0.1) is 6.42 Å². The number of terminal acetylenes is 1. The number of imidazole rings is 1. The first-order chi connectivity index (χ1) is 26.4. The van der Waals surface area contributed by atoms with E-state index in [0.29, 0.717) is 59.4 Å². The number of nitrogens with zero attached hydrogens (tertiary/aromatic N) is 7. The standard InChI is InChI=1S/C40H46FN7O7/c1-7-29-30(41)15-11-23-17-28(53-22-51-6)18-31(33(23)29)54-38-43-35-34(48(38)24-9-8-10-24)36(44-37(42-35)52-21-27-14-16-32(49)45(27)5)46-19-25-12-13-26(20-46)47(25)39(50)55-40(2,3)4/h1,11,15,17-18,24-27H,8-10,12-14,16,19-22H2,2-6H3/t25?,26?,27-/m0/s1. The van der Waals surface area contributed by atoms with Crippen LogP contribution in [0.5, 0.6) is 23.5 Å². The summed E-state index contributed by atoms with van der Waals surface area (Å²) in [5.41, 5.74) is 0.474. The predicted octanol–water partition coefficient (Wildman–Crippen LogP) is 6.19. The van der Waals surface area contributed by atoms with E-state index in [1.165, 1.54) is 13.2 Å². The molecule has 4 fully saturated rings. The molecule has 55 heavy (non-hydrogen) atoms. The van der Waals surface area contributed by atoms with Gasteiger partial charge in [-0.2, -0.15) is 15.0 Å². The Kier molecular flexibility index (Phi) is 9.57. The molecule has 0 N–H and O–H groups in total. The lowest BCUT2D eigenvalue weighted by molar-refractivity contribution is -0.127. The molecule has 15 heteroatoms. The fourth-order valence-corrected chi connectivity index (χ4v) is 8.11. The molecule has 2 unspecified atom stereocenters. The van der Waals surface area contributed by atoms with Gasteiger partial charge in [0.15, 0.2) is 18.3 Å². The van der Waals surface area contributed by atoms with Gasteiger partial charge >= 0.3 is 18.1 Å². The van der Waals surface area contributed by atoms with E-state index in [1.54, 1.807) is 30.1 Å². The molecule has 1 saturated carbocycles. The summed E-state index contributed by atoms with van der Waals surface area (Å²) in [5.74, 6) is 3.33. The molecule has 14 nitrogen and oxygen atoms in total. The first-order valence-electron chi connectivity index (χ1n) is 18.9. The Labute approximate surface area is 318 Å². The van der Waals surface area contributed by atoms with Crippen LogP contribution in [0.4, 0.5) is 15.0 Å². The highest BCUT2D eigenvalue weighted by molar-refractivity contribution is 5.95. The summed E-state index contributed by atoms with van der Waals surface area (Å²) in [6.45, 7) is 6.86. The average molecular weight is 756 g/mol. The SMILES string of the molecule is C#Cc1c(F)ccc2cc(OCOC)cc(Oc3nc4nc(OC[C@@H]5CCC(=O)N5C)nc(N5CC6CCC(C5)N6C(=O)OC(C)(C)C)c4n3C3CCC3)c12. The quantitative estimate of drug-likeness (QED) is 0.136. The second kappa shape index (κ2) is 14.4. The van der Waals surface area contributed by atoms with Gasteiger partial charge in [0, 0.05) is 51.2 Å². The van der Waals surface area contributed by atoms with Crippen LogP contribution in [0, 0.1) is 18.2 Å². The van der Waals surface area contributed by atoms with Crippen molar-refractivity contribution in [3.05, 3.63) is 35.6 Å². The van der Waals surface area contributed by atoms with E-state index < -0.39 is 11.4 Å². The Morgan fingerprint density at radius 1 is 1.02 bits per heavy atom. The smallest absolute Gasteiger partial charge is 0.410 e. The van der Waals surface area contributed by atoms with Crippen LogP contribution in [-0.4, -0.2) is 106 Å². The maximum absolute atomic E-state index is 15.2. The summed E-state index contributed by atoms with van der Waals surface area (Å²) in [4.78, 5) is 46.3. The third-order valence-corrected chi connectivity index (χ3v) is 11.0. The van der Waals surface area contributed by atoms with E-state index in [1.807, 2.05) is 30.2 Å².